The molecule has 0 aliphatic carbocycles. The first-order valence-corrected chi connectivity index (χ1v) is 11.4. The van der Waals surface area contributed by atoms with E-state index in [0.29, 0.717) is 13.0 Å². The van der Waals surface area contributed by atoms with Crippen LogP contribution in [0.2, 0.25) is 0 Å². The molecule has 0 N–H and O–H groups in total. The first-order chi connectivity index (χ1) is 16.7. The van der Waals surface area contributed by atoms with Crippen LogP contribution in [0.4, 0.5) is 5.69 Å². The molecule has 0 bridgehead atoms. The summed E-state index contributed by atoms with van der Waals surface area (Å²) in [7, 11) is 1.65. The summed E-state index contributed by atoms with van der Waals surface area (Å²) in [4.78, 5) is 14.8. The molecule has 3 nitrogen and oxygen atoms in total. The van der Waals surface area contributed by atoms with Gasteiger partial charge in [-0.15, -0.1) is 0 Å². The van der Waals surface area contributed by atoms with E-state index < -0.39 is 0 Å². The predicted molar refractivity (Wildman–Crippen MR) is 136 cm³/mol. The fraction of sp³-hybridized carbons (Fsp3) is 0.129. The van der Waals surface area contributed by atoms with E-state index in [1.54, 1.807) is 7.11 Å². The normalized spacial score (nSPS) is 13.1. The lowest BCUT2D eigenvalue weighted by Gasteiger charge is -2.19. The fourth-order valence-electron chi connectivity index (χ4n) is 4.35. The Hall–Kier alpha value is -4.29. The molecule has 0 radical (unpaired) electrons. The summed E-state index contributed by atoms with van der Waals surface area (Å²) < 4.78 is 5.25. The molecule has 1 heterocycles. The Morgan fingerprint density at radius 2 is 1.56 bits per heavy atom. The number of anilines is 1. The summed E-state index contributed by atoms with van der Waals surface area (Å²) in [5, 5.41) is 0. The van der Waals surface area contributed by atoms with E-state index in [0.717, 1.165) is 39.3 Å². The van der Waals surface area contributed by atoms with Crippen LogP contribution in [0.15, 0.2) is 103 Å². The molecule has 1 atom stereocenters. The maximum atomic E-state index is 12.9. The number of benzene rings is 4. The topological polar surface area (TPSA) is 29.5 Å². The van der Waals surface area contributed by atoms with Crippen LogP contribution in [0.3, 0.4) is 0 Å². The van der Waals surface area contributed by atoms with Crippen molar-refractivity contribution in [3.63, 3.8) is 0 Å². The van der Waals surface area contributed by atoms with E-state index in [4.69, 9.17) is 4.74 Å². The molecule has 1 aliphatic rings. The van der Waals surface area contributed by atoms with Crippen LogP contribution in [0, 0.1) is 11.8 Å². The number of hydrogen-bond acceptors (Lipinski definition) is 2. The average molecular weight is 444 g/mol. The highest BCUT2D eigenvalue weighted by Gasteiger charge is 2.28. The van der Waals surface area contributed by atoms with Gasteiger partial charge in [-0.1, -0.05) is 84.6 Å². The third-order valence-corrected chi connectivity index (χ3v) is 6.14. The molecule has 0 spiro atoms. The van der Waals surface area contributed by atoms with Gasteiger partial charge in [0.2, 0.25) is 5.91 Å². The second-order valence-electron chi connectivity index (χ2n) is 8.37. The number of rotatable bonds is 5. The van der Waals surface area contributed by atoms with Gasteiger partial charge in [-0.05, 0) is 52.6 Å². The average Bonchev–Trinajstić information content (AvgIpc) is 3.20. The maximum absolute atomic E-state index is 12.9. The number of methoxy groups -OCH3 is 1. The van der Waals surface area contributed by atoms with Gasteiger partial charge < -0.3 is 9.64 Å². The molecule has 4 aromatic rings. The van der Waals surface area contributed by atoms with Gasteiger partial charge in [-0.3, -0.25) is 4.79 Å². The minimum absolute atomic E-state index is 0.0718. The van der Waals surface area contributed by atoms with Gasteiger partial charge >= 0.3 is 0 Å². The minimum Gasteiger partial charge on any atom is -0.497 e. The molecule has 34 heavy (non-hydrogen) atoms. The van der Waals surface area contributed by atoms with Gasteiger partial charge in [0.05, 0.1) is 26.0 Å². The van der Waals surface area contributed by atoms with Crippen molar-refractivity contribution in [3.8, 4) is 17.6 Å². The molecular formula is C31H25NO2. The minimum atomic E-state index is -0.0718. The number of hydrogen-bond donors (Lipinski definition) is 0. The van der Waals surface area contributed by atoms with Gasteiger partial charge in [0.1, 0.15) is 5.75 Å². The summed E-state index contributed by atoms with van der Waals surface area (Å²) in [6.07, 6.45) is 0.410. The van der Waals surface area contributed by atoms with E-state index in [1.807, 2.05) is 77.7 Å². The number of amides is 1. The molecule has 0 aromatic heterocycles. The lowest BCUT2D eigenvalue weighted by atomic mass is 9.90. The van der Waals surface area contributed by atoms with Crippen LogP contribution < -0.4 is 9.64 Å². The van der Waals surface area contributed by atoms with Crippen LogP contribution in [0.25, 0.3) is 0 Å². The van der Waals surface area contributed by atoms with E-state index in [2.05, 4.69) is 42.2 Å². The summed E-state index contributed by atoms with van der Waals surface area (Å²) in [5.74, 6) is 7.66. The number of fused-ring (bicyclic) bond motifs is 1. The zero-order valence-corrected chi connectivity index (χ0v) is 19.1. The molecule has 1 aliphatic heterocycles. The van der Waals surface area contributed by atoms with Gasteiger partial charge in [0, 0.05) is 11.3 Å². The van der Waals surface area contributed by atoms with Crippen molar-refractivity contribution in [1.82, 2.24) is 0 Å². The zero-order chi connectivity index (χ0) is 23.3. The maximum Gasteiger partial charge on any atom is 0.231 e. The number of ether oxygens (including phenoxy) is 1. The van der Waals surface area contributed by atoms with Crippen molar-refractivity contribution in [2.45, 2.75) is 18.9 Å². The third-order valence-electron chi connectivity index (χ3n) is 6.14. The second-order valence-corrected chi connectivity index (χ2v) is 8.37. The lowest BCUT2D eigenvalue weighted by Crippen LogP contribution is -2.25. The van der Waals surface area contributed by atoms with E-state index in [1.165, 1.54) is 0 Å². The molecule has 0 saturated heterocycles. The van der Waals surface area contributed by atoms with E-state index >= 15 is 0 Å². The highest BCUT2D eigenvalue weighted by atomic mass is 16.5. The molecule has 3 heteroatoms. The van der Waals surface area contributed by atoms with Gasteiger partial charge in [-0.25, -0.2) is 0 Å². The fourth-order valence-corrected chi connectivity index (χ4v) is 4.35. The van der Waals surface area contributed by atoms with Crippen LogP contribution in [-0.4, -0.2) is 13.0 Å². The van der Waals surface area contributed by atoms with Crippen molar-refractivity contribution in [1.29, 1.82) is 0 Å². The summed E-state index contributed by atoms with van der Waals surface area (Å²) in [6.45, 7) is 0.547. The molecule has 4 aromatic carbocycles. The highest BCUT2D eigenvalue weighted by molar-refractivity contribution is 6.01. The highest BCUT2D eigenvalue weighted by Crippen LogP contribution is 2.34. The Balaban J connectivity index is 1.46. The SMILES string of the molecule is COc1ccc(CN2C(=O)Cc3cc(C(C#Cc4ccccc4)c4ccccc4)ccc32)cc1. The molecular weight excluding hydrogens is 418 g/mol. The monoisotopic (exact) mass is 443 g/mol. The second kappa shape index (κ2) is 9.68. The van der Waals surface area contributed by atoms with Crippen molar-refractivity contribution >= 4 is 11.6 Å². The Bertz CT molecular complexity index is 1350. The summed E-state index contributed by atoms with van der Waals surface area (Å²) >= 11 is 0. The van der Waals surface area contributed by atoms with Crippen molar-refractivity contribution in [2.24, 2.45) is 0 Å². The zero-order valence-electron chi connectivity index (χ0n) is 19.1. The predicted octanol–water partition coefficient (Wildman–Crippen LogP) is 5.97. The first-order valence-electron chi connectivity index (χ1n) is 11.4. The van der Waals surface area contributed by atoms with Crippen LogP contribution >= 0.6 is 0 Å². The molecule has 1 unspecified atom stereocenters. The van der Waals surface area contributed by atoms with E-state index in [-0.39, 0.29) is 11.8 Å². The van der Waals surface area contributed by atoms with Gasteiger partial charge in [-0.2, -0.15) is 0 Å². The largest absolute Gasteiger partial charge is 0.497 e. The number of nitrogens with zero attached hydrogens (tertiary/aromatic N) is 1. The van der Waals surface area contributed by atoms with Crippen molar-refractivity contribution < 1.29 is 9.53 Å². The number of carbonyl (C=O) groups is 1. The van der Waals surface area contributed by atoms with Crippen LogP contribution in [-0.2, 0) is 17.8 Å². The lowest BCUT2D eigenvalue weighted by molar-refractivity contribution is -0.117. The quantitative estimate of drug-likeness (QED) is 0.356. The Morgan fingerprint density at radius 3 is 2.26 bits per heavy atom. The third kappa shape index (κ3) is 4.58. The van der Waals surface area contributed by atoms with Gasteiger partial charge in [0.25, 0.3) is 0 Å². The Labute approximate surface area is 200 Å². The Kier molecular flexibility index (Phi) is 6.14. The van der Waals surface area contributed by atoms with Crippen LogP contribution in [0.1, 0.15) is 33.7 Å². The van der Waals surface area contributed by atoms with Crippen molar-refractivity contribution in [3.05, 3.63) is 131 Å². The first kappa shape index (κ1) is 21.6. The molecule has 166 valence electrons. The number of carbonyl (C=O) groups excluding carboxylic acids is 1. The smallest absolute Gasteiger partial charge is 0.231 e. The summed E-state index contributed by atoms with van der Waals surface area (Å²) in [5.41, 5.74) is 6.34. The summed E-state index contributed by atoms with van der Waals surface area (Å²) in [6, 6.07) is 34.5. The Morgan fingerprint density at radius 1 is 0.853 bits per heavy atom. The van der Waals surface area contributed by atoms with Gasteiger partial charge in [0.15, 0.2) is 0 Å². The molecule has 5 rings (SSSR count). The van der Waals surface area contributed by atoms with Crippen molar-refractivity contribution in [2.75, 3.05) is 12.0 Å². The molecule has 0 fully saturated rings. The van der Waals surface area contributed by atoms with Crippen LogP contribution in [0.5, 0.6) is 5.75 Å². The van der Waals surface area contributed by atoms with E-state index in [9.17, 15) is 4.79 Å². The molecule has 0 saturated carbocycles. The standard InChI is InChI=1S/C31H25NO2/c1-34-28-16-12-24(13-17-28)22-32-30-19-15-26(20-27(30)21-31(32)33)29(25-10-6-3-7-11-25)18-14-23-8-4-2-5-9-23/h2-13,15-17,19-20,29H,21-22H2,1H3. The molecule has 1 amide bonds.